The third kappa shape index (κ3) is 2.25. The number of cyclic esters (lactones) is 1. The molecule has 0 spiro atoms. The van der Waals surface area contributed by atoms with Crippen molar-refractivity contribution in [2.45, 2.75) is 12.3 Å². The summed E-state index contributed by atoms with van der Waals surface area (Å²) in [5.74, 6) is 1.39. The Morgan fingerprint density at radius 3 is 2.62 bits per heavy atom. The predicted molar refractivity (Wildman–Crippen MR) is 89.5 cm³/mol. The summed E-state index contributed by atoms with van der Waals surface area (Å²) < 4.78 is 16.2. The van der Waals surface area contributed by atoms with Crippen molar-refractivity contribution in [2.75, 3.05) is 20.8 Å². The largest absolute Gasteiger partial charge is 0.493 e. The van der Waals surface area contributed by atoms with Crippen LogP contribution in [0.2, 0.25) is 0 Å². The summed E-state index contributed by atoms with van der Waals surface area (Å²) in [7, 11) is 3.25. The minimum absolute atomic E-state index is 0.00486. The number of carbonyl (C=O) groups is 1. The van der Waals surface area contributed by atoms with E-state index in [-0.39, 0.29) is 23.7 Å². The average Bonchev–Trinajstić information content (AvgIpc) is 2.99. The molecule has 2 aromatic carbocycles. The summed E-state index contributed by atoms with van der Waals surface area (Å²) in [6.07, 6.45) is 0.899. The molecule has 2 aromatic rings. The van der Waals surface area contributed by atoms with E-state index in [0.29, 0.717) is 18.1 Å². The van der Waals surface area contributed by atoms with Crippen LogP contribution >= 0.6 is 0 Å². The fraction of sp³-hybridized carbons (Fsp3) is 0.350. The Hall–Kier alpha value is -2.49. The number of rotatable bonds is 3. The van der Waals surface area contributed by atoms with Crippen LogP contribution in [0.15, 0.2) is 42.5 Å². The molecule has 0 unspecified atom stereocenters. The number of ether oxygens (including phenoxy) is 3. The van der Waals surface area contributed by atoms with Crippen LogP contribution in [0.3, 0.4) is 0 Å². The van der Waals surface area contributed by atoms with E-state index in [9.17, 15) is 4.79 Å². The monoisotopic (exact) mass is 324 g/mol. The summed E-state index contributed by atoms with van der Waals surface area (Å²) in [6, 6.07) is 14.3. The van der Waals surface area contributed by atoms with Gasteiger partial charge in [-0.2, -0.15) is 0 Å². The van der Waals surface area contributed by atoms with E-state index < -0.39 is 0 Å². The van der Waals surface area contributed by atoms with E-state index in [1.54, 1.807) is 14.2 Å². The van der Waals surface area contributed by atoms with Crippen LogP contribution in [0.4, 0.5) is 0 Å². The second kappa shape index (κ2) is 5.86. The summed E-state index contributed by atoms with van der Waals surface area (Å²) in [5, 5.41) is 0. The normalized spacial score (nSPS) is 24.8. The third-order valence-electron chi connectivity index (χ3n) is 5.22. The van der Waals surface area contributed by atoms with Crippen LogP contribution in [-0.4, -0.2) is 26.8 Å². The highest BCUT2D eigenvalue weighted by molar-refractivity contribution is 5.78. The van der Waals surface area contributed by atoms with Crippen molar-refractivity contribution in [3.63, 3.8) is 0 Å². The van der Waals surface area contributed by atoms with Gasteiger partial charge in [-0.05, 0) is 35.2 Å². The number of hydrogen-bond acceptors (Lipinski definition) is 4. The number of methoxy groups -OCH3 is 2. The second-order valence-corrected chi connectivity index (χ2v) is 6.41. The van der Waals surface area contributed by atoms with Crippen molar-refractivity contribution >= 4 is 5.97 Å². The van der Waals surface area contributed by atoms with Crippen LogP contribution in [0.5, 0.6) is 11.5 Å². The minimum Gasteiger partial charge on any atom is -0.493 e. The van der Waals surface area contributed by atoms with Gasteiger partial charge in [0.05, 0.1) is 26.7 Å². The SMILES string of the molecule is COc1ccc([C@H]2c3ccccc3C[C@H]3COC(=O)[C@@H]32)cc1OC. The summed E-state index contributed by atoms with van der Waals surface area (Å²) in [6.45, 7) is 0.515. The van der Waals surface area contributed by atoms with Crippen LogP contribution < -0.4 is 9.47 Å². The zero-order valence-electron chi connectivity index (χ0n) is 13.8. The van der Waals surface area contributed by atoms with Crippen LogP contribution in [0, 0.1) is 11.8 Å². The molecule has 1 fully saturated rings. The van der Waals surface area contributed by atoms with E-state index in [1.165, 1.54) is 11.1 Å². The highest BCUT2D eigenvalue weighted by Crippen LogP contribution is 2.48. The molecule has 0 amide bonds. The topological polar surface area (TPSA) is 44.8 Å². The lowest BCUT2D eigenvalue weighted by atomic mass is 9.67. The molecule has 3 atom stereocenters. The number of hydrogen-bond donors (Lipinski definition) is 0. The van der Waals surface area contributed by atoms with E-state index in [0.717, 1.165) is 12.0 Å². The van der Waals surface area contributed by atoms with Crippen molar-refractivity contribution in [1.29, 1.82) is 0 Å². The summed E-state index contributed by atoms with van der Waals surface area (Å²) in [4.78, 5) is 12.4. The standard InChI is InChI=1S/C20H20O4/c1-22-16-8-7-13(10-17(16)23-2)18-15-6-4-3-5-12(15)9-14-11-24-20(21)19(14)18/h3-8,10,14,18-19H,9,11H2,1-2H3/t14-,18-,19-/m0/s1. The zero-order valence-corrected chi connectivity index (χ0v) is 13.8. The molecule has 4 rings (SSSR count). The van der Waals surface area contributed by atoms with Gasteiger partial charge in [-0.25, -0.2) is 0 Å². The molecule has 0 aromatic heterocycles. The van der Waals surface area contributed by atoms with Gasteiger partial charge in [-0.1, -0.05) is 30.3 Å². The Labute approximate surface area is 141 Å². The first-order valence-electron chi connectivity index (χ1n) is 8.19. The molecule has 124 valence electrons. The first kappa shape index (κ1) is 15.1. The van der Waals surface area contributed by atoms with E-state index in [4.69, 9.17) is 14.2 Å². The molecule has 0 saturated carbocycles. The lowest BCUT2D eigenvalue weighted by Gasteiger charge is -2.33. The van der Waals surface area contributed by atoms with E-state index in [1.807, 2.05) is 24.3 Å². The van der Waals surface area contributed by atoms with Crippen molar-refractivity contribution in [3.05, 3.63) is 59.2 Å². The first-order valence-corrected chi connectivity index (χ1v) is 8.19. The van der Waals surface area contributed by atoms with Gasteiger partial charge >= 0.3 is 5.97 Å². The molecule has 4 heteroatoms. The van der Waals surface area contributed by atoms with Gasteiger partial charge < -0.3 is 14.2 Å². The van der Waals surface area contributed by atoms with Crippen molar-refractivity contribution < 1.29 is 19.0 Å². The number of fused-ring (bicyclic) bond motifs is 2. The maximum absolute atomic E-state index is 12.4. The van der Waals surface area contributed by atoms with Crippen LogP contribution in [-0.2, 0) is 16.0 Å². The second-order valence-electron chi connectivity index (χ2n) is 6.41. The van der Waals surface area contributed by atoms with Gasteiger partial charge in [-0.3, -0.25) is 4.79 Å². The molecule has 1 aliphatic heterocycles. The highest BCUT2D eigenvalue weighted by Gasteiger charge is 2.47. The Bertz CT molecular complexity index is 783. The molecule has 0 radical (unpaired) electrons. The molecular weight excluding hydrogens is 304 g/mol. The van der Waals surface area contributed by atoms with Gasteiger partial charge in [0, 0.05) is 11.8 Å². The predicted octanol–water partition coefficient (Wildman–Crippen LogP) is 3.18. The van der Waals surface area contributed by atoms with Crippen LogP contribution in [0.25, 0.3) is 0 Å². The molecule has 4 nitrogen and oxygen atoms in total. The van der Waals surface area contributed by atoms with Gasteiger partial charge in [0.2, 0.25) is 0 Å². The van der Waals surface area contributed by atoms with Gasteiger partial charge in [0.1, 0.15) is 0 Å². The molecule has 24 heavy (non-hydrogen) atoms. The molecule has 2 aliphatic rings. The third-order valence-corrected chi connectivity index (χ3v) is 5.22. The fourth-order valence-corrected chi connectivity index (χ4v) is 4.11. The van der Waals surface area contributed by atoms with Crippen molar-refractivity contribution in [2.24, 2.45) is 11.8 Å². The van der Waals surface area contributed by atoms with Gasteiger partial charge in [0.25, 0.3) is 0 Å². The highest BCUT2D eigenvalue weighted by atomic mass is 16.5. The number of carbonyl (C=O) groups excluding carboxylic acids is 1. The molecule has 0 bridgehead atoms. The Balaban J connectivity index is 1.86. The smallest absolute Gasteiger partial charge is 0.310 e. The van der Waals surface area contributed by atoms with E-state index >= 15 is 0 Å². The Kier molecular flexibility index (Phi) is 3.68. The summed E-state index contributed by atoms with van der Waals surface area (Å²) in [5.41, 5.74) is 3.58. The first-order chi connectivity index (χ1) is 11.7. The zero-order chi connectivity index (χ0) is 16.7. The molecular formula is C20H20O4. The minimum atomic E-state index is -0.127. The maximum atomic E-state index is 12.4. The van der Waals surface area contributed by atoms with Gasteiger partial charge in [-0.15, -0.1) is 0 Å². The fourth-order valence-electron chi connectivity index (χ4n) is 4.11. The number of benzene rings is 2. The molecule has 1 saturated heterocycles. The summed E-state index contributed by atoms with van der Waals surface area (Å²) >= 11 is 0. The number of esters is 1. The quantitative estimate of drug-likeness (QED) is 0.814. The molecule has 0 N–H and O–H groups in total. The Morgan fingerprint density at radius 1 is 1.04 bits per heavy atom. The lowest BCUT2D eigenvalue weighted by Crippen LogP contribution is -2.31. The van der Waals surface area contributed by atoms with E-state index in [2.05, 4.69) is 18.2 Å². The van der Waals surface area contributed by atoms with Crippen molar-refractivity contribution in [3.8, 4) is 11.5 Å². The van der Waals surface area contributed by atoms with Crippen molar-refractivity contribution in [1.82, 2.24) is 0 Å². The van der Waals surface area contributed by atoms with Gasteiger partial charge in [0.15, 0.2) is 11.5 Å². The maximum Gasteiger partial charge on any atom is 0.310 e. The molecule has 1 heterocycles. The van der Waals surface area contributed by atoms with Crippen LogP contribution in [0.1, 0.15) is 22.6 Å². The Morgan fingerprint density at radius 2 is 1.83 bits per heavy atom. The lowest BCUT2D eigenvalue weighted by molar-refractivity contribution is -0.141. The molecule has 1 aliphatic carbocycles. The average molecular weight is 324 g/mol.